The van der Waals surface area contributed by atoms with Crippen LogP contribution in [0.1, 0.15) is 36.8 Å². The predicted octanol–water partition coefficient (Wildman–Crippen LogP) is 10.1. The number of hydrogen-bond acceptors (Lipinski definition) is 10. The maximum atomic E-state index is 12.6. The number of phenols is 1. The largest absolute Gasteiger partial charge is 0.508 e. The molecule has 2 aromatic heterocycles. The van der Waals surface area contributed by atoms with E-state index in [1.165, 1.54) is 25.0 Å². The van der Waals surface area contributed by atoms with Gasteiger partial charge in [0.25, 0.3) is 11.8 Å². The summed E-state index contributed by atoms with van der Waals surface area (Å²) in [7, 11) is 0. The number of rotatable bonds is 9. The molecule has 1 fully saturated rings. The second-order valence-corrected chi connectivity index (χ2v) is 12.5. The van der Waals surface area contributed by atoms with E-state index in [-0.39, 0.29) is 5.75 Å². The van der Waals surface area contributed by atoms with Gasteiger partial charge in [-0.3, -0.25) is 0 Å². The fourth-order valence-electron chi connectivity index (χ4n) is 5.70. The second-order valence-electron chi connectivity index (χ2n) is 12.5. The molecular weight excluding hydrogens is 699 g/mol. The summed E-state index contributed by atoms with van der Waals surface area (Å²) >= 11 is 0. The number of alkyl halides is 3. The maximum absolute atomic E-state index is 12.6. The minimum atomic E-state index is -4.38. The number of aromatic hydroxyl groups is 1. The molecule has 0 amide bonds. The smallest absolute Gasteiger partial charge is 0.416 e. The first kappa shape index (κ1) is 35.9. The average Bonchev–Trinajstić information content (AvgIpc) is 4.00. The highest BCUT2D eigenvalue weighted by atomic mass is 19.4. The number of phenolic OH excluding ortho intramolecular Hbond substituents is 1. The van der Waals surface area contributed by atoms with E-state index in [1.54, 1.807) is 48.5 Å². The highest BCUT2D eigenvalue weighted by molar-refractivity contribution is 5.62. The summed E-state index contributed by atoms with van der Waals surface area (Å²) in [5, 5.41) is 17.4. The molecular formula is C41H34F3N5O5. The van der Waals surface area contributed by atoms with Gasteiger partial charge in [-0.15, -0.1) is 0 Å². The van der Waals surface area contributed by atoms with Crippen LogP contribution >= 0.6 is 0 Å². The number of aromatic nitrogens is 4. The molecule has 1 aliphatic rings. The number of ether oxygens (including phenoxy) is 2. The fourth-order valence-corrected chi connectivity index (χ4v) is 5.70. The molecule has 3 N–H and O–H groups in total. The van der Waals surface area contributed by atoms with Gasteiger partial charge in [-0.05, 0) is 140 Å². The van der Waals surface area contributed by atoms with Crippen LogP contribution in [0.4, 0.5) is 13.2 Å². The minimum absolute atomic E-state index is 0.205. The quantitative estimate of drug-likeness (QED) is 0.147. The summed E-state index contributed by atoms with van der Waals surface area (Å²) in [6.07, 6.45) is 0.764. The molecule has 7 aromatic rings. The molecule has 1 aliphatic carbocycles. The summed E-state index contributed by atoms with van der Waals surface area (Å²) in [6, 6.07) is 33.3. The third kappa shape index (κ3) is 8.93. The molecule has 13 heteroatoms. The van der Waals surface area contributed by atoms with Crippen LogP contribution < -0.4 is 15.2 Å². The van der Waals surface area contributed by atoms with Crippen LogP contribution in [0.2, 0.25) is 0 Å². The maximum Gasteiger partial charge on any atom is 0.416 e. The van der Waals surface area contributed by atoms with Crippen LogP contribution in [-0.2, 0) is 12.7 Å². The monoisotopic (exact) mass is 733 g/mol. The Kier molecular flexibility index (Phi) is 10.7. The normalized spacial score (nSPS) is 13.0. The number of hydrogen-bond donors (Lipinski definition) is 2. The molecule has 0 spiro atoms. The van der Waals surface area contributed by atoms with Crippen molar-refractivity contribution in [3.05, 3.63) is 132 Å². The van der Waals surface area contributed by atoms with Crippen molar-refractivity contribution in [2.75, 3.05) is 0 Å². The summed E-state index contributed by atoms with van der Waals surface area (Å²) in [5.74, 6) is 3.62. The van der Waals surface area contributed by atoms with Crippen LogP contribution in [0.3, 0.4) is 0 Å². The van der Waals surface area contributed by atoms with Gasteiger partial charge in [-0.25, -0.2) is 0 Å². The lowest BCUT2D eigenvalue weighted by Crippen LogP contribution is -2.10. The Morgan fingerprint density at radius 2 is 1.06 bits per heavy atom. The summed E-state index contributed by atoms with van der Waals surface area (Å²) < 4.78 is 60.1. The van der Waals surface area contributed by atoms with Crippen molar-refractivity contribution in [2.24, 2.45) is 5.73 Å². The molecule has 0 radical (unpaired) electrons. The first-order chi connectivity index (χ1) is 26.2. The van der Waals surface area contributed by atoms with Gasteiger partial charge in [-0.1, -0.05) is 22.4 Å². The number of nitrogens with two attached hydrogens (primary N) is 1. The Morgan fingerprint density at radius 3 is 1.54 bits per heavy atom. The Morgan fingerprint density at radius 1 is 0.611 bits per heavy atom. The average molecular weight is 734 g/mol. The minimum Gasteiger partial charge on any atom is -0.508 e. The highest BCUT2D eigenvalue weighted by Crippen LogP contribution is 2.32. The van der Waals surface area contributed by atoms with Crippen LogP contribution in [0.25, 0.3) is 45.7 Å². The van der Waals surface area contributed by atoms with Crippen molar-refractivity contribution in [3.8, 4) is 68.7 Å². The highest BCUT2D eigenvalue weighted by Gasteiger charge is 2.30. The van der Waals surface area contributed by atoms with Crippen LogP contribution in [0.5, 0.6) is 23.0 Å². The number of nitrogens with zero attached hydrogens (tertiary/aromatic N) is 4. The molecule has 0 saturated heterocycles. The van der Waals surface area contributed by atoms with Gasteiger partial charge in [0, 0.05) is 28.8 Å². The molecule has 8 rings (SSSR count). The van der Waals surface area contributed by atoms with Crippen LogP contribution in [0.15, 0.2) is 130 Å². The Bertz CT molecular complexity index is 2250. The topological polar surface area (TPSA) is 143 Å². The zero-order chi connectivity index (χ0) is 37.5. The lowest BCUT2D eigenvalue weighted by Gasteiger charge is -2.12. The van der Waals surface area contributed by atoms with E-state index in [0.717, 1.165) is 53.0 Å². The lowest BCUT2D eigenvalue weighted by atomic mass is 10.1. The second kappa shape index (κ2) is 16.0. The van der Waals surface area contributed by atoms with Gasteiger partial charge in [0.05, 0.1) is 11.7 Å². The predicted molar refractivity (Wildman–Crippen MR) is 194 cm³/mol. The van der Waals surface area contributed by atoms with Crippen molar-refractivity contribution < 1.29 is 36.8 Å². The third-order valence-corrected chi connectivity index (χ3v) is 8.65. The van der Waals surface area contributed by atoms with E-state index in [2.05, 4.69) is 20.3 Å². The van der Waals surface area contributed by atoms with Crippen molar-refractivity contribution >= 4 is 0 Å². The zero-order valence-electron chi connectivity index (χ0n) is 28.7. The van der Waals surface area contributed by atoms with E-state index < -0.39 is 11.7 Å². The van der Waals surface area contributed by atoms with Gasteiger partial charge in [0.2, 0.25) is 11.6 Å². The SMILES string of the molecule is NCc1ccc(-c2nc(-c3ccc(Oc4ccc(C(F)(F)F)cc4)cc3)no2)cc1.Oc1ccc(-c2nc(-c3ccc(OC4CCCC4)cc3)no2)cc1. The van der Waals surface area contributed by atoms with Crippen LogP contribution in [0, 0.1) is 0 Å². The van der Waals surface area contributed by atoms with Gasteiger partial charge < -0.3 is 29.4 Å². The molecule has 0 aliphatic heterocycles. The van der Waals surface area contributed by atoms with E-state index in [0.29, 0.717) is 53.1 Å². The first-order valence-corrected chi connectivity index (χ1v) is 17.2. The van der Waals surface area contributed by atoms with E-state index in [4.69, 9.17) is 24.3 Å². The summed E-state index contributed by atoms with van der Waals surface area (Å²) in [6.45, 7) is 0.455. The van der Waals surface area contributed by atoms with Gasteiger partial charge >= 0.3 is 6.18 Å². The van der Waals surface area contributed by atoms with E-state index in [1.807, 2.05) is 48.5 Å². The lowest BCUT2D eigenvalue weighted by molar-refractivity contribution is -0.137. The number of benzene rings is 5. The van der Waals surface area contributed by atoms with Crippen LogP contribution in [-0.4, -0.2) is 31.5 Å². The van der Waals surface area contributed by atoms with Gasteiger partial charge in [-0.2, -0.15) is 23.1 Å². The molecule has 54 heavy (non-hydrogen) atoms. The molecule has 0 unspecified atom stereocenters. The van der Waals surface area contributed by atoms with Gasteiger partial charge in [0.1, 0.15) is 23.0 Å². The molecule has 1 saturated carbocycles. The van der Waals surface area contributed by atoms with Crippen molar-refractivity contribution in [2.45, 2.75) is 44.5 Å². The Hall–Kier alpha value is -6.47. The molecule has 2 heterocycles. The van der Waals surface area contributed by atoms with Crippen molar-refractivity contribution in [1.82, 2.24) is 20.3 Å². The van der Waals surface area contributed by atoms with Gasteiger partial charge in [0.15, 0.2) is 0 Å². The summed E-state index contributed by atoms with van der Waals surface area (Å²) in [4.78, 5) is 8.81. The molecule has 0 atom stereocenters. The zero-order valence-corrected chi connectivity index (χ0v) is 28.7. The first-order valence-electron chi connectivity index (χ1n) is 17.2. The Balaban J connectivity index is 0.000000171. The molecule has 5 aromatic carbocycles. The Labute approximate surface area is 308 Å². The van der Waals surface area contributed by atoms with Crippen molar-refractivity contribution in [3.63, 3.8) is 0 Å². The van der Waals surface area contributed by atoms with E-state index in [9.17, 15) is 18.3 Å². The number of halogens is 3. The molecule has 274 valence electrons. The van der Waals surface area contributed by atoms with Crippen molar-refractivity contribution in [1.29, 1.82) is 0 Å². The fraction of sp³-hybridized carbons (Fsp3) is 0.171. The van der Waals surface area contributed by atoms with E-state index >= 15 is 0 Å². The molecule has 0 bridgehead atoms. The summed E-state index contributed by atoms with van der Waals surface area (Å²) in [5.41, 5.74) is 9.02. The standard InChI is InChI=1S/C22H16F3N3O2.C19H18N2O3/c23-22(24,25)17-7-11-19(12-8-17)29-18-9-5-15(6-10-18)20-27-21(30-28-20)16-3-1-14(13-26)2-4-16;22-15-9-5-14(6-10-15)19-20-18(21-24-19)13-7-11-17(12-8-13)23-16-3-1-2-4-16/h1-12H,13,26H2;5-12,16,22H,1-4H2. The third-order valence-electron chi connectivity index (χ3n) is 8.65. The molecule has 10 nitrogen and oxygen atoms in total.